The maximum atomic E-state index is 13.9. The van der Waals surface area contributed by atoms with Crippen LogP contribution in [0.3, 0.4) is 0 Å². The van der Waals surface area contributed by atoms with Crippen LogP contribution in [0.2, 0.25) is 0 Å². The van der Waals surface area contributed by atoms with Crippen molar-refractivity contribution in [3.05, 3.63) is 29.6 Å². The van der Waals surface area contributed by atoms with Gasteiger partial charge < -0.3 is 20.3 Å². The monoisotopic (exact) mass is 297 g/mol. The molecule has 0 aliphatic heterocycles. The van der Waals surface area contributed by atoms with Gasteiger partial charge in [-0.1, -0.05) is 13.0 Å². The van der Waals surface area contributed by atoms with Gasteiger partial charge in [-0.3, -0.25) is 4.79 Å². The standard InChI is InChI=1S/C15H24FN3O2/c1-4-17-10-12-13(16)6-5-7-14(12)19(2)11-15(20)18-8-9-21-3/h5-7,17H,4,8-11H2,1-3H3,(H,18,20). The van der Waals surface area contributed by atoms with Crippen LogP contribution in [0, 0.1) is 5.82 Å². The summed E-state index contributed by atoms with van der Waals surface area (Å²) in [6.07, 6.45) is 0. The van der Waals surface area contributed by atoms with Crippen LogP contribution < -0.4 is 15.5 Å². The van der Waals surface area contributed by atoms with Crippen LogP contribution in [0.15, 0.2) is 18.2 Å². The van der Waals surface area contributed by atoms with E-state index in [4.69, 9.17) is 4.74 Å². The first-order valence-electron chi connectivity index (χ1n) is 7.05. The van der Waals surface area contributed by atoms with Crippen molar-refractivity contribution in [2.24, 2.45) is 0 Å². The van der Waals surface area contributed by atoms with E-state index in [1.807, 2.05) is 13.0 Å². The third-order valence-corrected chi connectivity index (χ3v) is 3.07. The number of carbonyl (C=O) groups is 1. The molecule has 0 bridgehead atoms. The van der Waals surface area contributed by atoms with E-state index in [1.54, 1.807) is 25.1 Å². The van der Waals surface area contributed by atoms with Gasteiger partial charge in [0.15, 0.2) is 0 Å². The molecule has 6 heteroatoms. The lowest BCUT2D eigenvalue weighted by Gasteiger charge is -2.22. The molecule has 0 aliphatic rings. The topological polar surface area (TPSA) is 53.6 Å². The number of hydrogen-bond donors (Lipinski definition) is 2. The Kier molecular flexibility index (Phi) is 7.71. The van der Waals surface area contributed by atoms with Crippen molar-refractivity contribution in [2.75, 3.05) is 45.3 Å². The molecule has 0 fully saturated rings. The molecule has 0 heterocycles. The molecule has 0 spiro atoms. The molecule has 0 unspecified atom stereocenters. The van der Waals surface area contributed by atoms with Gasteiger partial charge in [-0.2, -0.15) is 0 Å². The minimum absolute atomic E-state index is 0.117. The van der Waals surface area contributed by atoms with Crippen molar-refractivity contribution in [3.63, 3.8) is 0 Å². The Labute approximate surface area is 125 Å². The summed E-state index contributed by atoms with van der Waals surface area (Å²) in [5, 5.41) is 5.86. The highest BCUT2D eigenvalue weighted by molar-refractivity contribution is 5.81. The number of carbonyl (C=O) groups excluding carboxylic acids is 1. The Morgan fingerprint density at radius 3 is 2.86 bits per heavy atom. The summed E-state index contributed by atoms with van der Waals surface area (Å²) in [5.74, 6) is -0.381. The third kappa shape index (κ3) is 5.69. The number of benzene rings is 1. The van der Waals surface area contributed by atoms with E-state index in [2.05, 4.69) is 10.6 Å². The Morgan fingerprint density at radius 2 is 2.19 bits per heavy atom. The van der Waals surface area contributed by atoms with Gasteiger partial charge in [0.1, 0.15) is 5.82 Å². The summed E-state index contributed by atoms with van der Waals surface area (Å²) in [7, 11) is 3.36. The number of nitrogens with one attached hydrogen (secondary N) is 2. The quantitative estimate of drug-likeness (QED) is 0.671. The van der Waals surface area contributed by atoms with E-state index in [1.165, 1.54) is 6.07 Å². The Morgan fingerprint density at radius 1 is 1.43 bits per heavy atom. The van der Waals surface area contributed by atoms with Crippen molar-refractivity contribution < 1.29 is 13.9 Å². The number of rotatable bonds is 9. The van der Waals surface area contributed by atoms with E-state index in [0.29, 0.717) is 25.3 Å². The first kappa shape index (κ1) is 17.4. The predicted molar refractivity (Wildman–Crippen MR) is 81.9 cm³/mol. The average Bonchev–Trinajstić information content (AvgIpc) is 2.46. The molecule has 1 aromatic carbocycles. The van der Waals surface area contributed by atoms with Gasteiger partial charge in [0.05, 0.1) is 13.2 Å². The molecule has 0 atom stereocenters. The maximum absolute atomic E-state index is 13.9. The third-order valence-electron chi connectivity index (χ3n) is 3.07. The van der Waals surface area contributed by atoms with E-state index in [-0.39, 0.29) is 18.3 Å². The van der Waals surface area contributed by atoms with E-state index in [9.17, 15) is 9.18 Å². The molecule has 2 N–H and O–H groups in total. The van der Waals surface area contributed by atoms with Crippen molar-refractivity contribution in [2.45, 2.75) is 13.5 Å². The zero-order valence-corrected chi connectivity index (χ0v) is 12.9. The lowest BCUT2D eigenvalue weighted by molar-refractivity contribution is -0.119. The second-order valence-electron chi connectivity index (χ2n) is 4.72. The van der Waals surface area contributed by atoms with Crippen LogP contribution >= 0.6 is 0 Å². The summed E-state index contributed by atoms with van der Waals surface area (Å²) in [4.78, 5) is 13.5. The van der Waals surface area contributed by atoms with E-state index in [0.717, 1.165) is 12.2 Å². The number of halogens is 1. The molecular weight excluding hydrogens is 273 g/mol. The smallest absolute Gasteiger partial charge is 0.239 e. The number of amides is 1. The maximum Gasteiger partial charge on any atom is 0.239 e. The molecule has 1 aromatic rings. The molecule has 0 saturated carbocycles. The largest absolute Gasteiger partial charge is 0.383 e. The van der Waals surface area contributed by atoms with Gasteiger partial charge in [-0.15, -0.1) is 0 Å². The summed E-state index contributed by atoms with van der Waals surface area (Å²) in [5.41, 5.74) is 1.30. The number of likely N-dealkylation sites (N-methyl/N-ethyl adjacent to an activating group) is 1. The Balaban J connectivity index is 2.70. The van der Waals surface area contributed by atoms with Crippen LogP contribution in [0.1, 0.15) is 12.5 Å². The van der Waals surface area contributed by atoms with Gasteiger partial charge in [0.2, 0.25) is 5.91 Å². The highest BCUT2D eigenvalue weighted by atomic mass is 19.1. The summed E-state index contributed by atoms with van der Waals surface area (Å²) >= 11 is 0. The first-order valence-corrected chi connectivity index (χ1v) is 7.05. The van der Waals surface area contributed by atoms with E-state index >= 15 is 0 Å². The van der Waals surface area contributed by atoms with Gasteiger partial charge >= 0.3 is 0 Å². The van der Waals surface area contributed by atoms with Gasteiger partial charge in [0, 0.05) is 38.5 Å². The lowest BCUT2D eigenvalue weighted by atomic mass is 10.1. The minimum atomic E-state index is -0.264. The van der Waals surface area contributed by atoms with Crippen molar-refractivity contribution in [1.29, 1.82) is 0 Å². The van der Waals surface area contributed by atoms with Gasteiger partial charge in [0.25, 0.3) is 0 Å². The molecule has 0 aromatic heterocycles. The molecule has 0 saturated heterocycles. The van der Waals surface area contributed by atoms with Crippen LogP contribution in [-0.2, 0) is 16.1 Å². The minimum Gasteiger partial charge on any atom is -0.383 e. The number of methoxy groups -OCH3 is 1. The normalized spacial score (nSPS) is 10.5. The van der Waals surface area contributed by atoms with Crippen molar-refractivity contribution in [1.82, 2.24) is 10.6 Å². The van der Waals surface area contributed by atoms with Crippen LogP contribution in [0.5, 0.6) is 0 Å². The molecule has 0 aliphatic carbocycles. The SMILES string of the molecule is CCNCc1c(F)cccc1N(C)CC(=O)NCCOC. The van der Waals surface area contributed by atoms with Crippen molar-refractivity contribution >= 4 is 11.6 Å². The fourth-order valence-electron chi connectivity index (χ4n) is 1.98. The lowest BCUT2D eigenvalue weighted by Crippen LogP contribution is -2.37. The first-order chi connectivity index (χ1) is 10.1. The number of hydrogen-bond acceptors (Lipinski definition) is 4. The second kappa shape index (κ2) is 9.31. The summed E-state index contributed by atoms with van der Waals surface area (Å²) in [6.45, 7) is 4.28. The van der Waals surface area contributed by atoms with Crippen molar-refractivity contribution in [3.8, 4) is 0 Å². The fourth-order valence-corrected chi connectivity index (χ4v) is 1.98. The zero-order chi connectivity index (χ0) is 15.7. The second-order valence-corrected chi connectivity index (χ2v) is 4.72. The zero-order valence-electron chi connectivity index (χ0n) is 12.9. The number of ether oxygens (including phenoxy) is 1. The molecular formula is C15H24FN3O2. The summed E-state index contributed by atoms with van der Waals surface area (Å²) < 4.78 is 18.8. The number of anilines is 1. The van der Waals surface area contributed by atoms with Crippen LogP contribution in [0.25, 0.3) is 0 Å². The Bertz CT molecular complexity index is 455. The fraction of sp³-hybridized carbons (Fsp3) is 0.533. The molecule has 21 heavy (non-hydrogen) atoms. The molecule has 1 amide bonds. The predicted octanol–water partition coefficient (Wildman–Crippen LogP) is 1.13. The molecule has 1 rings (SSSR count). The highest BCUT2D eigenvalue weighted by Gasteiger charge is 2.14. The average molecular weight is 297 g/mol. The van der Waals surface area contributed by atoms with E-state index < -0.39 is 0 Å². The number of nitrogens with zero attached hydrogens (tertiary/aromatic N) is 1. The molecule has 5 nitrogen and oxygen atoms in total. The summed E-state index contributed by atoms with van der Waals surface area (Å²) in [6, 6.07) is 4.90. The Hall–Kier alpha value is -1.66. The van der Waals surface area contributed by atoms with Crippen LogP contribution in [-0.4, -0.2) is 46.3 Å². The van der Waals surface area contributed by atoms with Gasteiger partial charge in [-0.05, 0) is 18.7 Å². The molecule has 118 valence electrons. The van der Waals surface area contributed by atoms with Crippen LogP contribution in [0.4, 0.5) is 10.1 Å². The highest BCUT2D eigenvalue weighted by Crippen LogP contribution is 2.22. The molecule has 0 radical (unpaired) electrons. The van der Waals surface area contributed by atoms with Gasteiger partial charge in [-0.25, -0.2) is 4.39 Å².